The topological polar surface area (TPSA) is 38.1 Å². The predicted molar refractivity (Wildman–Crippen MR) is 104 cm³/mol. The van der Waals surface area contributed by atoms with E-state index in [9.17, 15) is 4.79 Å². The molecule has 132 valence electrons. The molecule has 5 rings (SSSR count). The predicted octanol–water partition coefficient (Wildman–Crippen LogP) is 4.22. The first-order valence-electron chi connectivity index (χ1n) is 8.98. The SMILES string of the molecule is O=C1c2c(Cl)cccc2-n2cnc(C#Cc3ccccc3)c2[C@@H]2CCCN12. The number of fused-ring (bicyclic) bond motifs is 5. The van der Waals surface area contributed by atoms with Gasteiger partial charge >= 0.3 is 0 Å². The third-order valence-electron chi connectivity index (χ3n) is 5.20. The van der Waals surface area contributed by atoms with E-state index in [1.807, 2.05) is 51.9 Å². The molecule has 0 saturated carbocycles. The Kier molecular flexibility index (Phi) is 3.77. The Labute approximate surface area is 162 Å². The molecule has 1 fully saturated rings. The van der Waals surface area contributed by atoms with Crippen LogP contribution in [0.4, 0.5) is 0 Å². The van der Waals surface area contributed by atoms with Crippen molar-refractivity contribution in [1.82, 2.24) is 14.5 Å². The molecule has 1 saturated heterocycles. The molecule has 0 radical (unpaired) electrons. The number of imidazole rings is 1. The van der Waals surface area contributed by atoms with Crippen LogP contribution in [0.5, 0.6) is 0 Å². The van der Waals surface area contributed by atoms with Gasteiger partial charge in [-0.2, -0.15) is 0 Å². The fraction of sp³-hybridized carbons (Fsp3) is 0.182. The summed E-state index contributed by atoms with van der Waals surface area (Å²) in [7, 11) is 0. The van der Waals surface area contributed by atoms with E-state index in [1.54, 1.807) is 12.4 Å². The summed E-state index contributed by atoms with van der Waals surface area (Å²) in [5, 5.41) is 0.474. The lowest BCUT2D eigenvalue weighted by molar-refractivity contribution is 0.0738. The zero-order valence-corrected chi connectivity index (χ0v) is 15.3. The molecule has 1 atom stereocenters. The highest BCUT2D eigenvalue weighted by Gasteiger charge is 2.39. The van der Waals surface area contributed by atoms with E-state index in [-0.39, 0.29) is 11.9 Å². The van der Waals surface area contributed by atoms with E-state index in [1.165, 1.54) is 0 Å². The van der Waals surface area contributed by atoms with Crippen molar-refractivity contribution in [2.24, 2.45) is 0 Å². The van der Waals surface area contributed by atoms with Crippen LogP contribution in [0.2, 0.25) is 5.02 Å². The Morgan fingerprint density at radius 1 is 1.07 bits per heavy atom. The number of rotatable bonds is 0. The lowest BCUT2D eigenvalue weighted by Crippen LogP contribution is -2.30. The number of carbonyl (C=O) groups is 1. The van der Waals surface area contributed by atoms with Crippen LogP contribution in [0.1, 0.15) is 46.2 Å². The van der Waals surface area contributed by atoms with Crippen molar-refractivity contribution in [3.8, 4) is 17.5 Å². The van der Waals surface area contributed by atoms with Crippen LogP contribution in [0.15, 0.2) is 54.9 Å². The first kappa shape index (κ1) is 16.2. The molecule has 0 unspecified atom stereocenters. The van der Waals surface area contributed by atoms with E-state index >= 15 is 0 Å². The van der Waals surface area contributed by atoms with Crippen molar-refractivity contribution in [1.29, 1.82) is 0 Å². The molecular weight excluding hydrogens is 358 g/mol. The summed E-state index contributed by atoms with van der Waals surface area (Å²) in [4.78, 5) is 19.7. The number of aromatic nitrogens is 2. The number of amides is 1. The number of nitrogens with zero attached hydrogens (tertiary/aromatic N) is 3. The van der Waals surface area contributed by atoms with Crippen LogP contribution in [0.3, 0.4) is 0 Å². The van der Waals surface area contributed by atoms with E-state index < -0.39 is 0 Å². The fourth-order valence-electron chi connectivity index (χ4n) is 3.98. The molecule has 1 amide bonds. The Balaban J connectivity index is 1.71. The zero-order valence-electron chi connectivity index (χ0n) is 14.5. The van der Waals surface area contributed by atoms with Crippen LogP contribution in [-0.4, -0.2) is 26.9 Å². The van der Waals surface area contributed by atoms with Gasteiger partial charge < -0.3 is 4.90 Å². The fourth-order valence-corrected chi connectivity index (χ4v) is 4.23. The third-order valence-corrected chi connectivity index (χ3v) is 5.51. The van der Waals surface area contributed by atoms with Crippen LogP contribution in [-0.2, 0) is 0 Å². The van der Waals surface area contributed by atoms with Gasteiger partial charge in [0.2, 0.25) is 0 Å². The summed E-state index contributed by atoms with van der Waals surface area (Å²) in [5.41, 5.74) is 3.96. The third kappa shape index (κ3) is 2.55. The number of hydrogen-bond donors (Lipinski definition) is 0. The second kappa shape index (κ2) is 6.29. The quantitative estimate of drug-likeness (QED) is 0.553. The lowest BCUT2D eigenvalue weighted by Gasteiger charge is -2.22. The van der Waals surface area contributed by atoms with E-state index in [0.717, 1.165) is 42.0 Å². The molecule has 0 bridgehead atoms. The average Bonchev–Trinajstić information content (AvgIpc) is 3.31. The largest absolute Gasteiger partial charge is 0.330 e. The van der Waals surface area contributed by atoms with Gasteiger partial charge in [-0.15, -0.1) is 0 Å². The van der Waals surface area contributed by atoms with Crippen LogP contribution < -0.4 is 0 Å². The summed E-state index contributed by atoms with van der Waals surface area (Å²) >= 11 is 6.41. The van der Waals surface area contributed by atoms with Crippen molar-refractivity contribution in [2.45, 2.75) is 18.9 Å². The van der Waals surface area contributed by atoms with E-state index in [4.69, 9.17) is 11.6 Å². The first-order chi connectivity index (χ1) is 13.2. The Hall–Kier alpha value is -3.03. The van der Waals surface area contributed by atoms with Crippen molar-refractivity contribution >= 4 is 17.5 Å². The summed E-state index contributed by atoms with van der Waals surface area (Å²) in [5.74, 6) is 6.40. The highest BCUT2D eigenvalue weighted by molar-refractivity contribution is 6.34. The summed E-state index contributed by atoms with van der Waals surface area (Å²) in [6.45, 7) is 0.727. The minimum absolute atomic E-state index is 0.0104. The summed E-state index contributed by atoms with van der Waals surface area (Å²) in [6.07, 6.45) is 3.63. The average molecular weight is 374 g/mol. The van der Waals surface area contributed by atoms with Gasteiger partial charge in [0.1, 0.15) is 12.0 Å². The zero-order chi connectivity index (χ0) is 18.4. The molecule has 4 nitrogen and oxygen atoms in total. The number of halogens is 1. The van der Waals surface area contributed by atoms with Crippen LogP contribution in [0.25, 0.3) is 5.69 Å². The molecule has 2 aromatic carbocycles. The monoisotopic (exact) mass is 373 g/mol. The highest BCUT2D eigenvalue weighted by atomic mass is 35.5. The molecule has 3 heterocycles. The number of hydrogen-bond acceptors (Lipinski definition) is 2. The smallest absolute Gasteiger partial charge is 0.258 e. The summed E-state index contributed by atoms with van der Waals surface area (Å²) < 4.78 is 1.99. The number of carbonyl (C=O) groups excluding carboxylic acids is 1. The van der Waals surface area contributed by atoms with Crippen molar-refractivity contribution in [3.05, 3.63) is 82.4 Å². The van der Waals surface area contributed by atoms with Crippen molar-refractivity contribution in [2.75, 3.05) is 6.54 Å². The lowest BCUT2D eigenvalue weighted by atomic mass is 10.1. The molecule has 2 aliphatic rings. The molecule has 0 N–H and O–H groups in total. The van der Waals surface area contributed by atoms with Gasteiger partial charge in [-0.3, -0.25) is 9.36 Å². The van der Waals surface area contributed by atoms with E-state index in [2.05, 4.69) is 16.8 Å². The molecule has 1 aromatic heterocycles. The maximum atomic E-state index is 13.2. The highest BCUT2D eigenvalue weighted by Crippen LogP contribution is 2.41. The second-order valence-corrected chi connectivity index (χ2v) is 7.16. The molecule has 2 aliphatic heterocycles. The molecule has 3 aromatic rings. The minimum Gasteiger partial charge on any atom is -0.330 e. The van der Waals surface area contributed by atoms with Crippen molar-refractivity contribution < 1.29 is 4.79 Å². The molecular formula is C22H16ClN3O. The van der Waals surface area contributed by atoms with Gasteiger partial charge in [0.25, 0.3) is 5.91 Å². The maximum absolute atomic E-state index is 13.2. The molecule has 5 heteroatoms. The minimum atomic E-state index is -0.0245. The normalized spacial score (nSPS) is 17.4. The van der Waals surface area contributed by atoms with Gasteiger partial charge in [0.15, 0.2) is 0 Å². The summed E-state index contributed by atoms with van der Waals surface area (Å²) in [6, 6.07) is 15.4. The molecule has 27 heavy (non-hydrogen) atoms. The Bertz CT molecular complexity index is 1110. The Morgan fingerprint density at radius 3 is 2.78 bits per heavy atom. The van der Waals surface area contributed by atoms with Gasteiger partial charge in [-0.1, -0.05) is 41.8 Å². The van der Waals surface area contributed by atoms with Crippen LogP contribution in [0, 0.1) is 11.8 Å². The van der Waals surface area contributed by atoms with Gasteiger partial charge in [-0.05, 0) is 43.0 Å². The van der Waals surface area contributed by atoms with Crippen LogP contribution >= 0.6 is 11.6 Å². The standard InChI is InChI=1S/C22H16ClN3O/c23-16-8-4-9-18-20(16)22(27)25-13-5-10-19(25)21-17(24-14-26(18)21)12-11-15-6-2-1-3-7-15/h1-4,6-9,14,19H,5,10,13H2/t19-/m0/s1. The van der Waals surface area contributed by atoms with Crippen molar-refractivity contribution in [3.63, 3.8) is 0 Å². The second-order valence-electron chi connectivity index (χ2n) is 6.75. The van der Waals surface area contributed by atoms with Gasteiger partial charge in [0.05, 0.1) is 28.0 Å². The van der Waals surface area contributed by atoms with E-state index in [0.29, 0.717) is 10.6 Å². The Morgan fingerprint density at radius 2 is 1.93 bits per heavy atom. The van der Waals surface area contributed by atoms with Gasteiger partial charge in [0, 0.05) is 12.1 Å². The van der Waals surface area contributed by atoms with Gasteiger partial charge in [-0.25, -0.2) is 4.98 Å². The maximum Gasteiger partial charge on any atom is 0.258 e. The first-order valence-corrected chi connectivity index (χ1v) is 9.36. The molecule has 0 spiro atoms. The molecule has 0 aliphatic carbocycles. The number of benzene rings is 2.